The van der Waals surface area contributed by atoms with Gasteiger partial charge < -0.3 is 4.90 Å². The summed E-state index contributed by atoms with van der Waals surface area (Å²) in [4.78, 5) is 1.56. The summed E-state index contributed by atoms with van der Waals surface area (Å²) in [6.45, 7) is 2.15. The van der Waals surface area contributed by atoms with Gasteiger partial charge in [-0.05, 0) is 55.9 Å². The number of aryl methyl sites for hydroxylation is 1. The summed E-state index contributed by atoms with van der Waals surface area (Å²) in [5.41, 5.74) is 2.64. The summed E-state index contributed by atoms with van der Waals surface area (Å²) in [6.07, 6.45) is 11.8. The molecule has 2 aliphatic carbocycles. The summed E-state index contributed by atoms with van der Waals surface area (Å²) < 4.78 is 2.16. The lowest BCUT2D eigenvalue weighted by Crippen LogP contribution is -3.13. The Kier molecular flexibility index (Phi) is 5.34. The molecule has 0 aliphatic heterocycles. The van der Waals surface area contributed by atoms with Gasteiger partial charge in [-0.25, -0.2) is 4.68 Å². The normalized spacial score (nSPS) is 21.8. The van der Waals surface area contributed by atoms with Crippen LogP contribution in [0, 0.1) is 6.92 Å². The second kappa shape index (κ2) is 7.87. The quantitative estimate of drug-likeness (QED) is 0.898. The molecule has 1 aromatic carbocycles. The number of nitrogens with one attached hydrogen (secondary N) is 1. The number of rotatable bonds is 5. The zero-order valence-electron chi connectivity index (χ0n) is 16.2. The van der Waals surface area contributed by atoms with Crippen LogP contribution >= 0.6 is 0 Å². The highest BCUT2D eigenvalue weighted by Gasteiger charge is 2.36. The van der Waals surface area contributed by atoms with Gasteiger partial charge in [-0.2, -0.15) is 0 Å². The molecule has 5 heteroatoms. The number of hydrogen-bond donors (Lipinski definition) is 1. The van der Waals surface area contributed by atoms with E-state index in [4.69, 9.17) is 0 Å². The molecule has 140 valence electrons. The van der Waals surface area contributed by atoms with Crippen LogP contribution in [0.2, 0.25) is 0 Å². The van der Waals surface area contributed by atoms with Gasteiger partial charge >= 0.3 is 0 Å². The highest BCUT2D eigenvalue weighted by Crippen LogP contribution is 2.31. The lowest BCUT2D eigenvalue weighted by atomic mass is 9.92. The zero-order chi connectivity index (χ0) is 17.9. The maximum absolute atomic E-state index is 4.56. The number of aromatic nitrogens is 4. The molecule has 0 bridgehead atoms. The minimum atomic E-state index is 0.217. The molecule has 2 aromatic rings. The van der Waals surface area contributed by atoms with Crippen molar-refractivity contribution in [1.29, 1.82) is 0 Å². The fourth-order valence-corrected chi connectivity index (χ4v) is 4.97. The molecule has 0 radical (unpaired) electrons. The van der Waals surface area contributed by atoms with Crippen molar-refractivity contribution in [1.82, 2.24) is 20.2 Å². The maximum atomic E-state index is 4.56. The largest absolute Gasteiger partial charge is 0.322 e. The molecule has 1 unspecified atom stereocenters. The third-order valence-electron chi connectivity index (χ3n) is 6.56. The molecule has 0 saturated heterocycles. The fourth-order valence-electron chi connectivity index (χ4n) is 4.97. The molecule has 4 rings (SSSR count). The molecule has 1 N–H and O–H groups in total. The van der Waals surface area contributed by atoms with E-state index in [-0.39, 0.29) is 6.04 Å². The molecule has 1 heterocycles. The van der Waals surface area contributed by atoms with Crippen molar-refractivity contribution in [3.05, 3.63) is 41.2 Å². The van der Waals surface area contributed by atoms with Gasteiger partial charge in [-0.3, -0.25) is 0 Å². The third-order valence-corrected chi connectivity index (χ3v) is 6.56. The summed E-state index contributed by atoms with van der Waals surface area (Å²) in [6, 6.07) is 10.4. The standard InChI is InChI=1S/C21H31N5/c1-16-12-14-17(15-13-16)20(25(2)18-8-4-3-5-9-18)21-22-23-24-26(21)19-10-6-7-11-19/h12-15,18-20H,3-11H2,1-2H3/p+1/t20-/m0/s1. The van der Waals surface area contributed by atoms with Crippen molar-refractivity contribution in [3.63, 3.8) is 0 Å². The Balaban J connectivity index is 1.70. The molecular formula is C21H32N5+. The Morgan fingerprint density at radius 3 is 2.31 bits per heavy atom. The molecule has 26 heavy (non-hydrogen) atoms. The second-order valence-electron chi connectivity index (χ2n) is 8.34. The van der Waals surface area contributed by atoms with Crippen molar-refractivity contribution < 1.29 is 4.90 Å². The monoisotopic (exact) mass is 354 g/mol. The first-order valence-corrected chi connectivity index (χ1v) is 10.4. The van der Waals surface area contributed by atoms with E-state index in [9.17, 15) is 0 Å². The molecule has 1 aromatic heterocycles. The first kappa shape index (κ1) is 17.7. The number of nitrogens with zero attached hydrogens (tertiary/aromatic N) is 4. The molecule has 2 fully saturated rings. The van der Waals surface area contributed by atoms with E-state index in [0.717, 1.165) is 5.82 Å². The van der Waals surface area contributed by atoms with Crippen LogP contribution in [-0.4, -0.2) is 33.3 Å². The average molecular weight is 355 g/mol. The predicted octanol–water partition coefficient (Wildman–Crippen LogP) is 3.03. The van der Waals surface area contributed by atoms with Gasteiger partial charge in [0.05, 0.1) is 19.1 Å². The van der Waals surface area contributed by atoms with Crippen molar-refractivity contribution in [2.24, 2.45) is 0 Å². The second-order valence-corrected chi connectivity index (χ2v) is 8.34. The van der Waals surface area contributed by atoms with E-state index in [2.05, 4.69) is 58.4 Å². The van der Waals surface area contributed by atoms with E-state index >= 15 is 0 Å². The fraction of sp³-hybridized carbons (Fsp3) is 0.667. The van der Waals surface area contributed by atoms with Crippen LogP contribution in [0.3, 0.4) is 0 Å². The number of hydrogen-bond acceptors (Lipinski definition) is 3. The minimum absolute atomic E-state index is 0.217. The summed E-state index contributed by atoms with van der Waals surface area (Å²) in [7, 11) is 2.36. The Morgan fingerprint density at radius 1 is 0.962 bits per heavy atom. The van der Waals surface area contributed by atoms with Gasteiger partial charge in [-0.15, -0.1) is 5.10 Å². The highest BCUT2D eigenvalue weighted by atomic mass is 15.6. The lowest BCUT2D eigenvalue weighted by molar-refractivity contribution is -0.933. The van der Waals surface area contributed by atoms with Crippen LogP contribution in [0.5, 0.6) is 0 Å². The minimum Gasteiger partial charge on any atom is -0.322 e. The molecule has 5 nitrogen and oxygen atoms in total. The zero-order valence-corrected chi connectivity index (χ0v) is 16.2. The van der Waals surface area contributed by atoms with E-state index < -0.39 is 0 Å². The van der Waals surface area contributed by atoms with Crippen molar-refractivity contribution in [2.75, 3.05) is 7.05 Å². The van der Waals surface area contributed by atoms with Crippen molar-refractivity contribution in [2.45, 2.75) is 82.8 Å². The van der Waals surface area contributed by atoms with E-state index in [0.29, 0.717) is 12.1 Å². The van der Waals surface area contributed by atoms with Crippen LogP contribution in [0.4, 0.5) is 0 Å². The number of quaternary nitrogens is 1. The smallest absolute Gasteiger partial charge is 0.214 e. The molecule has 2 saturated carbocycles. The molecule has 2 aliphatic rings. The lowest BCUT2D eigenvalue weighted by Gasteiger charge is -2.34. The van der Waals surface area contributed by atoms with Crippen LogP contribution < -0.4 is 4.90 Å². The summed E-state index contributed by atoms with van der Waals surface area (Å²) in [5, 5.41) is 13.1. The summed E-state index contributed by atoms with van der Waals surface area (Å²) in [5.74, 6) is 1.06. The van der Waals surface area contributed by atoms with E-state index in [1.54, 1.807) is 4.90 Å². The Labute approximate surface area is 156 Å². The topological polar surface area (TPSA) is 48.0 Å². The molecular weight excluding hydrogens is 322 g/mol. The highest BCUT2D eigenvalue weighted by molar-refractivity contribution is 5.26. The van der Waals surface area contributed by atoms with Gasteiger partial charge in [0.1, 0.15) is 0 Å². The van der Waals surface area contributed by atoms with Crippen molar-refractivity contribution in [3.8, 4) is 0 Å². The predicted molar refractivity (Wildman–Crippen MR) is 102 cm³/mol. The Hall–Kier alpha value is -1.75. The average Bonchev–Trinajstić information content (AvgIpc) is 3.35. The molecule has 0 amide bonds. The summed E-state index contributed by atoms with van der Waals surface area (Å²) >= 11 is 0. The van der Waals surface area contributed by atoms with Gasteiger partial charge in [0, 0.05) is 5.56 Å². The molecule has 2 atom stereocenters. The van der Waals surface area contributed by atoms with Gasteiger partial charge in [-0.1, -0.05) is 49.1 Å². The van der Waals surface area contributed by atoms with Gasteiger partial charge in [0.15, 0.2) is 6.04 Å². The molecule has 0 spiro atoms. The SMILES string of the molecule is Cc1ccc([C@@H](c2nnnn2C2CCCC2)[NH+](C)C2CCCCC2)cc1. The van der Waals surface area contributed by atoms with E-state index in [1.165, 1.54) is 68.9 Å². The van der Waals surface area contributed by atoms with Crippen LogP contribution in [0.25, 0.3) is 0 Å². The van der Waals surface area contributed by atoms with Crippen LogP contribution in [0.15, 0.2) is 24.3 Å². The first-order chi connectivity index (χ1) is 12.7. The number of tetrazole rings is 1. The van der Waals surface area contributed by atoms with Crippen molar-refractivity contribution >= 4 is 0 Å². The Morgan fingerprint density at radius 2 is 1.62 bits per heavy atom. The van der Waals surface area contributed by atoms with Gasteiger partial charge in [0.2, 0.25) is 5.82 Å². The van der Waals surface area contributed by atoms with Crippen LogP contribution in [-0.2, 0) is 0 Å². The number of benzene rings is 1. The third kappa shape index (κ3) is 3.54. The Bertz CT molecular complexity index is 695. The maximum Gasteiger partial charge on any atom is 0.214 e. The van der Waals surface area contributed by atoms with Crippen LogP contribution in [0.1, 0.15) is 86.8 Å². The first-order valence-electron chi connectivity index (χ1n) is 10.4. The van der Waals surface area contributed by atoms with Gasteiger partial charge in [0.25, 0.3) is 0 Å². The van der Waals surface area contributed by atoms with E-state index in [1.807, 2.05) is 0 Å².